The molecule has 94 valence electrons. The predicted molar refractivity (Wildman–Crippen MR) is 65.2 cm³/mol. The van der Waals surface area contributed by atoms with Crippen molar-refractivity contribution in [2.75, 3.05) is 13.1 Å². The Labute approximate surface area is 103 Å². The largest absolute Gasteiger partial charge is 0.353 e. The minimum absolute atomic E-state index is 0.0436. The van der Waals surface area contributed by atoms with Crippen molar-refractivity contribution in [1.82, 2.24) is 10.2 Å². The monoisotopic (exact) mass is 235 g/mol. The second-order valence-electron chi connectivity index (χ2n) is 5.05. The van der Waals surface area contributed by atoms with Crippen molar-refractivity contribution in [1.29, 1.82) is 5.26 Å². The maximum atomic E-state index is 11.8. The third-order valence-corrected chi connectivity index (χ3v) is 3.95. The van der Waals surface area contributed by atoms with Gasteiger partial charge in [0.2, 0.25) is 5.91 Å². The highest BCUT2D eigenvalue weighted by atomic mass is 16.2. The number of nitrogens with zero attached hydrogens (tertiary/aromatic N) is 2. The summed E-state index contributed by atoms with van der Waals surface area (Å²) in [6.45, 7) is 1.64. The SMILES string of the molecule is N#CCC1C(=O)NCCN1C1CCCCCC1. The molecular weight excluding hydrogens is 214 g/mol. The van der Waals surface area contributed by atoms with Gasteiger partial charge in [0.25, 0.3) is 0 Å². The number of hydrogen-bond acceptors (Lipinski definition) is 3. The summed E-state index contributed by atoms with van der Waals surface area (Å²) in [7, 11) is 0. The van der Waals surface area contributed by atoms with Crippen LogP contribution in [0.3, 0.4) is 0 Å². The van der Waals surface area contributed by atoms with Crippen LogP contribution >= 0.6 is 0 Å². The van der Waals surface area contributed by atoms with Crippen molar-refractivity contribution in [3.63, 3.8) is 0 Å². The fourth-order valence-electron chi connectivity index (χ4n) is 3.06. The third-order valence-electron chi connectivity index (χ3n) is 3.95. The number of carbonyl (C=O) groups is 1. The molecule has 2 aliphatic rings. The lowest BCUT2D eigenvalue weighted by Crippen LogP contribution is -2.58. The summed E-state index contributed by atoms with van der Waals surface area (Å²) in [5.41, 5.74) is 0. The molecule has 0 aromatic carbocycles. The Morgan fingerprint density at radius 3 is 2.65 bits per heavy atom. The Hall–Kier alpha value is -1.08. The minimum atomic E-state index is -0.211. The van der Waals surface area contributed by atoms with Gasteiger partial charge in [0.05, 0.1) is 12.5 Å². The highest BCUT2D eigenvalue weighted by Crippen LogP contribution is 2.25. The molecule has 2 rings (SSSR count). The molecule has 1 saturated carbocycles. The molecule has 0 aromatic rings. The molecule has 4 heteroatoms. The van der Waals surface area contributed by atoms with Gasteiger partial charge in [0, 0.05) is 19.1 Å². The topological polar surface area (TPSA) is 56.1 Å². The quantitative estimate of drug-likeness (QED) is 0.736. The highest BCUT2D eigenvalue weighted by Gasteiger charge is 2.34. The highest BCUT2D eigenvalue weighted by molar-refractivity contribution is 5.82. The summed E-state index contributed by atoms with van der Waals surface area (Å²) < 4.78 is 0. The molecule has 0 radical (unpaired) electrons. The molecule has 1 N–H and O–H groups in total. The zero-order valence-electron chi connectivity index (χ0n) is 10.3. The van der Waals surface area contributed by atoms with Crippen molar-refractivity contribution in [2.45, 2.75) is 57.0 Å². The first-order chi connectivity index (χ1) is 8.33. The van der Waals surface area contributed by atoms with E-state index in [9.17, 15) is 4.79 Å². The van der Waals surface area contributed by atoms with E-state index in [1.165, 1.54) is 38.5 Å². The van der Waals surface area contributed by atoms with Crippen LogP contribution in [0.1, 0.15) is 44.9 Å². The number of piperazine rings is 1. The van der Waals surface area contributed by atoms with Crippen molar-refractivity contribution in [3.8, 4) is 6.07 Å². The van der Waals surface area contributed by atoms with Gasteiger partial charge < -0.3 is 5.32 Å². The summed E-state index contributed by atoms with van der Waals surface area (Å²) in [6, 6.07) is 2.45. The van der Waals surface area contributed by atoms with Gasteiger partial charge in [0.15, 0.2) is 0 Å². The molecule has 1 atom stereocenters. The van der Waals surface area contributed by atoms with Crippen LogP contribution in [0.5, 0.6) is 0 Å². The van der Waals surface area contributed by atoms with Crippen molar-refractivity contribution in [3.05, 3.63) is 0 Å². The van der Waals surface area contributed by atoms with Gasteiger partial charge in [-0.05, 0) is 12.8 Å². The zero-order valence-corrected chi connectivity index (χ0v) is 10.3. The van der Waals surface area contributed by atoms with Crippen molar-refractivity contribution >= 4 is 5.91 Å². The van der Waals surface area contributed by atoms with Gasteiger partial charge in [-0.25, -0.2) is 0 Å². The maximum absolute atomic E-state index is 11.8. The molecule has 2 fully saturated rings. The van der Waals surface area contributed by atoms with E-state index in [-0.39, 0.29) is 11.9 Å². The number of nitriles is 1. The van der Waals surface area contributed by atoms with E-state index in [2.05, 4.69) is 16.3 Å². The summed E-state index contributed by atoms with van der Waals surface area (Å²) in [5, 5.41) is 11.7. The van der Waals surface area contributed by atoms with Crippen LogP contribution in [-0.2, 0) is 4.79 Å². The Bertz CT molecular complexity index is 302. The molecule has 1 aliphatic heterocycles. The van der Waals surface area contributed by atoms with Crippen molar-refractivity contribution < 1.29 is 4.79 Å². The van der Waals surface area contributed by atoms with E-state index in [0.29, 0.717) is 12.5 Å². The van der Waals surface area contributed by atoms with Crippen LogP contribution in [0.15, 0.2) is 0 Å². The number of rotatable bonds is 2. The van der Waals surface area contributed by atoms with Gasteiger partial charge in [-0.15, -0.1) is 0 Å². The van der Waals surface area contributed by atoms with E-state index < -0.39 is 0 Å². The fraction of sp³-hybridized carbons (Fsp3) is 0.846. The third kappa shape index (κ3) is 2.98. The van der Waals surface area contributed by atoms with E-state index in [1.807, 2.05) is 0 Å². The molecule has 1 saturated heterocycles. The van der Waals surface area contributed by atoms with Crippen LogP contribution in [0.2, 0.25) is 0 Å². The number of nitrogens with one attached hydrogen (secondary N) is 1. The Kier molecular flexibility index (Phi) is 4.38. The number of amides is 1. The average Bonchev–Trinajstić information content (AvgIpc) is 2.60. The first-order valence-corrected chi connectivity index (χ1v) is 6.73. The van der Waals surface area contributed by atoms with Crippen LogP contribution in [-0.4, -0.2) is 36.0 Å². The molecule has 17 heavy (non-hydrogen) atoms. The van der Waals surface area contributed by atoms with E-state index in [0.717, 1.165) is 13.1 Å². The van der Waals surface area contributed by atoms with Gasteiger partial charge >= 0.3 is 0 Å². The summed E-state index contributed by atoms with van der Waals surface area (Å²) in [4.78, 5) is 14.1. The van der Waals surface area contributed by atoms with Gasteiger partial charge in [0.1, 0.15) is 6.04 Å². The predicted octanol–water partition coefficient (Wildman–Crippen LogP) is 1.42. The van der Waals surface area contributed by atoms with Crippen LogP contribution in [0.4, 0.5) is 0 Å². The average molecular weight is 235 g/mol. The Morgan fingerprint density at radius 1 is 1.29 bits per heavy atom. The minimum Gasteiger partial charge on any atom is -0.353 e. The molecule has 4 nitrogen and oxygen atoms in total. The maximum Gasteiger partial charge on any atom is 0.238 e. The molecule has 1 heterocycles. The van der Waals surface area contributed by atoms with E-state index in [1.54, 1.807) is 0 Å². The Morgan fingerprint density at radius 2 is 2.00 bits per heavy atom. The van der Waals surface area contributed by atoms with E-state index >= 15 is 0 Å². The zero-order chi connectivity index (χ0) is 12.1. The summed E-state index contributed by atoms with van der Waals surface area (Å²) in [6.07, 6.45) is 7.87. The number of hydrogen-bond donors (Lipinski definition) is 1. The van der Waals surface area contributed by atoms with Gasteiger partial charge in [-0.3, -0.25) is 9.69 Å². The molecule has 1 aliphatic carbocycles. The fourth-order valence-corrected chi connectivity index (χ4v) is 3.06. The lowest BCUT2D eigenvalue weighted by Gasteiger charge is -2.39. The lowest BCUT2D eigenvalue weighted by atomic mass is 10.0. The van der Waals surface area contributed by atoms with E-state index in [4.69, 9.17) is 5.26 Å². The molecule has 0 bridgehead atoms. The summed E-state index contributed by atoms with van der Waals surface area (Å²) >= 11 is 0. The molecule has 1 unspecified atom stereocenters. The van der Waals surface area contributed by atoms with Crippen LogP contribution in [0.25, 0.3) is 0 Å². The lowest BCUT2D eigenvalue weighted by molar-refractivity contribution is -0.130. The normalized spacial score (nSPS) is 28.2. The second kappa shape index (κ2) is 6.02. The van der Waals surface area contributed by atoms with Crippen molar-refractivity contribution in [2.24, 2.45) is 0 Å². The number of carbonyl (C=O) groups excluding carboxylic acids is 1. The molecule has 0 spiro atoms. The Balaban J connectivity index is 2.04. The van der Waals surface area contributed by atoms with Gasteiger partial charge in [-0.1, -0.05) is 25.7 Å². The first kappa shape index (κ1) is 12.4. The smallest absolute Gasteiger partial charge is 0.238 e. The molecule has 0 aromatic heterocycles. The van der Waals surface area contributed by atoms with Crippen LogP contribution < -0.4 is 5.32 Å². The first-order valence-electron chi connectivity index (χ1n) is 6.73. The standard InChI is InChI=1S/C13H21N3O/c14-8-7-12-13(17)15-9-10-16(12)11-5-3-1-2-4-6-11/h11-12H,1-7,9-10H2,(H,15,17). The molecular formula is C13H21N3O. The summed E-state index contributed by atoms with van der Waals surface area (Å²) in [5.74, 6) is 0.0436. The van der Waals surface area contributed by atoms with Gasteiger partial charge in [-0.2, -0.15) is 5.26 Å². The molecule has 1 amide bonds. The second-order valence-corrected chi connectivity index (χ2v) is 5.05. The van der Waals surface area contributed by atoms with Crippen LogP contribution in [0, 0.1) is 11.3 Å².